The van der Waals surface area contributed by atoms with Gasteiger partial charge in [-0.3, -0.25) is 4.90 Å². The molecule has 0 spiro atoms. The number of nitrogens with one attached hydrogen (secondary N) is 1. The lowest BCUT2D eigenvalue weighted by molar-refractivity contribution is -0.0502. The van der Waals surface area contributed by atoms with Crippen molar-refractivity contribution in [3.63, 3.8) is 0 Å². The van der Waals surface area contributed by atoms with Crippen molar-refractivity contribution in [2.45, 2.75) is 32.2 Å². The van der Waals surface area contributed by atoms with Crippen LogP contribution in [0.25, 0.3) is 0 Å². The third-order valence-corrected chi connectivity index (χ3v) is 5.82. The van der Waals surface area contributed by atoms with Gasteiger partial charge in [-0.25, -0.2) is 4.99 Å². The molecule has 0 radical (unpaired) electrons. The summed E-state index contributed by atoms with van der Waals surface area (Å²) >= 11 is 0. The molecule has 2 aliphatic rings. The fourth-order valence-electron chi connectivity index (χ4n) is 4.31. The number of guanidine groups is 1. The summed E-state index contributed by atoms with van der Waals surface area (Å²) in [6.07, 6.45) is 0.225. The summed E-state index contributed by atoms with van der Waals surface area (Å²) in [6, 6.07) is 19.2. The maximum atomic E-state index is 6.14. The summed E-state index contributed by atoms with van der Waals surface area (Å²) in [7, 11) is 1.69. The van der Waals surface area contributed by atoms with Gasteiger partial charge < -0.3 is 19.7 Å². The highest BCUT2D eigenvalue weighted by Crippen LogP contribution is 2.25. The van der Waals surface area contributed by atoms with Crippen LogP contribution in [0.3, 0.4) is 0 Å². The number of hydrogen-bond acceptors (Lipinski definition) is 4. The smallest absolute Gasteiger partial charge is 0.194 e. The van der Waals surface area contributed by atoms with Crippen molar-refractivity contribution in [3.8, 4) is 5.75 Å². The first-order chi connectivity index (χ1) is 14.8. The molecule has 0 bridgehead atoms. The predicted octanol–water partition coefficient (Wildman–Crippen LogP) is 3.36. The molecule has 2 fully saturated rings. The highest BCUT2D eigenvalue weighted by molar-refractivity contribution is 14.0. The van der Waals surface area contributed by atoms with E-state index in [1.54, 1.807) is 7.11 Å². The first-order valence-electron chi connectivity index (χ1n) is 10.8. The standard InChI is InChI=1S/C24H32N4O2.HI/c1-3-25-24(26-15-20-10-7-11-21(14-20)29-2)28-17-22-23(18-28)30-13-12-27(22)16-19-8-5-4-6-9-19;/h4-11,14,22-23H,3,12-13,15-18H2,1-2H3,(H,25,26);1H. The zero-order valence-electron chi connectivity index (χ0n) is 18.4. The average Bonchev–Trinajstić information content (AvgIpc) is 3.23. The number of likely N-dealkylation sites (tertiary alicyclic amines) is 1. The number of rotatable bonds is 6. The van der Waals surface area contributed by atoms with Crippen LogP contribution in [0.5, 0.6) is 5.75 Å². The lowest BCUT2D eigenvalue weighted by Crippen LogP contribution is -2.50. The minimum Gasteiger partial charge on any atom is -0.497 e. The van der Waals surface area contributed by atoms with Gasteiger partial charge in [0.1, 0.15) is 5.75 Å². The number of morpholine rings is 1. The van der Waals surface area contributed by atoms with E-state index in [0.29, 0.717) is 12.6 Å². The monoisotopic (exact) mass is 536 g/mol. The van der Waals surface area contributed by atoms with Crippen molar-refractivity contribution in [3.05, 3.63) is 65.7 Å². The summed E-state index contributed by atoms with van der Waals surface area (Å²) in [4.78, 5) is 9.82. The van der Waals surface area contributed by atoms with E-state index in [1.807, 2.05) is 18.2 Å². The summed E-state index contributed by atoms with van der Waals surface area (Å²) < 4.78 is 11.5. The molecule has 2 heterocycles. The van der Waals surface area contributed by atoms with Crippen LogP contribution < -0.4 is 10.1 Å². The van der Waals surface area contributed by atoms with Crippen LogP contribution in [0, 0.1) is 0 Å². The quantitative estimate of drug-likeness (QED) is 0.349. The lowest BCUT2D eigenvalue weighted by Gasteiger charge is -2.36. The average molecular weight is 536 g/mol. The molecule has 4 rings (SSSR count). The van der Waals surface area contributed by atoms with E-state index in [2.05, 4.69) is 58.4 Å². The second-order valence-corrected chi connectivity index (χ2v) is 7.86. The predicted molar refractivity (Wildman–Crippen MR) is 135 cm³/mol. The molecule has 2 aromatic carbocycles. The molecule has 0 saturated carbocycles. The zero-order valence-corrected chi connectivity index (χ0v) is 20.7. The molecule has 2 atom stereocenters. The van der Waals surface area contributed by atoms with Crippen molar-refractivity contribution in [1.29, 1.82) is 0 Å². The minimum absolute atomic E-state index is 0. The third kappa shape index (κ3) is 6.11. The van der Waals surface area contributed by atoms with Crippen LogP contribution in [-0.4, -0.2) is 67.8 Å². The Morgan fingerprint density at radius 2 is 1.94 bits per heavy atom. The Morgan fingerprint density at radius 1 is 1.13 bits per heavy atom. The van der Waals surface area contributed by atoms with Gasteiger partial charge in [0.25, 0.3) is 0 Å². The molecule has 31 heavy (non-hydrogen) atoms. The third-order valence-electron chi connectivity index (χ3n) is 5.82. The number of halogens is 1. The van der Waals surface area contributed by atoms with Gasteiger partial charge in [-0.15, -0.1) is 24.0 Å². The van der Waals surface area contributed by atoms with Gasteiger partial charge in [0, 0.05) is 32.7 Å². The van der Waals surface area contributed by atoms with Crippen LogP contribution in [0.4, 0.5) is 0 Å². The fourth-order valence-corrected chi connectivity index (χ4v) is 4.31. The summed E-state index contributed by atoms with van der Waals surface area (Å²) in [6.45, 7) is 8.12. The van der Waals surface area contributed by atoms with Gasteiger partial charge in [-0.2, -0.15) is 0 Å². The molecule has 1 N–H and O–H groups in total. The summed E-state index contributed by atoms with van der Waals surface area (Å²) in [5, 5.41) is 3.47. The SMILES string of the molecule is CCNC(=NCc1cccc(OC)c1)N1CC2OCCN(Cc3ccccc3)C2C1.I. The van der Waals surface area contributed by atoms with E-state index in [0.717, 1.165) is 56.6 Å². The number of fused-ring (bicyclic) bond motifs is 1. The Bertz CT molecular complexity index is 848. The van der Waals surface area contributed by atoms with Crippen LogP contribution in [0.1, 0.15) is 18.1 Å². The van der Waals surface area contributed by atoms with E-state index < -0.39 is 0 Å². The van der Waals surface area contributed by atoms with Crippen LogP contribution in [-0.2, 0) is 17.8 Å². The Hall–Kier alpha value is -1.84. The highest BCUT2D eigenvalue weighted by Gasteiger charge is 2.41. The number of ether oxygens (including phenoxy) is 2. The molecule has 2 saturated heterocycles. The molecule has 0 aromatic heterocycles. The van der Waals surface area contributed by atoms with E-state index in [1.165, 1.54) is 5.56 Å². The van der Waals surface area contributed by atoms with Gasteiger partial charge in [0.05, 0.1) is 32.4 Å². The second-order valence-electron chi connectivity index (χ2n) is 7.86. The van der Waals surface area contributed by atoms with Gasteiger partial charge in [0.2, 0.25) is 0 Å². The topological polar surface area (TPSA) is 49.3 Å². The Balaban J connectivity index is 0.00000272. The zero-order chi connectivity index (χ0) is 20.8. The molecular weight excluding hydrogens is 503 g/mol. The number of nitrogens with zero attached hydrogens (tertiary/aromatic N) is 3. The van der Waals surface area contributed by atoms with Crippen molar-refractivity contribution in [2.24, 2.45) is 4.99 Å². The molecule has 2 unspecified atom stereocenters. The first-order valence-corrected chi connectivity index (χ1v) is 10.8. The van der Waals surface area contributed by atoms with Gasteiger partial charge in [-0.05, 0) is 30.2 Å². The fraction of sp³-hybridized carbons (Fsp3) is 0.458. The maximum absolute atomic E-state index is 6.14. The van der Waals surface area contributed by atoms with Crippen LogP contribution >= 0.6 is 24.0 Å². The van der Waals surface area contributed by atoms with E-state index in [9.17, 15) is 0 Å². The lowest BCUT2D eigenvalue weighted by atomic mass is 10.1. The summed E-state index contributed by atoms with van der Waals surface area (Å²) in [5.41, 5.74) is 2.50. The molecule has 2 aromatic rings. The molecule has 0 aliphatic carbocycles. The van der Waals surface area contributed by atoms with Gasteiger partial charge in [0.15, 0.2) is 5.96 Å². The molecule has 2 aliphatic heterocycles. The Morgan fingerprint density at radius 3 is 2.71 bits per heavy atom. The molecule has 6 nitrogen and oxygen atoms in total. The number of methoxy groups -OCH3 is 1. The van der Waals surface area contributed by atoms with Crippen molar-refractivity contribution in [2.75, 3.05) is 39.9 Å². The molecular formula is C24H33IN4O2. The largest absolute Gasteiger partial charge is 0.497 e. The maximum Gasteiger partial charge on any atom is 0.194 e. The highest BCUT2D eigenvalue weighted by atomic mass is 127. The van der Waals surface area contributed by atoms with Crippen molar-refractivity contribution >= 4 is 29.9 Å². The normalized spacial score (nSPS) is 21.4. The molecule has 0 amide bonds. The van der Waals surface area contributed by atoms with Crippen LogP contribution in [0.15, 0.2) is 59.6 Å². The van der Waals surface area contributed by atoms with Crippen molar-refractivity contribution < 1.29 is 9.47 Å². The Labute approximate surface area is 202 Å². The molecule has 168 valence electrons. The number of aliphatic imine (C=N–C) groups is 1. The van der Waals surface area contributed by atoms with Gasteiger partial charge in [-0.1, -0.05) is 42.5 Å². The minimum atomic E-state index is 0. The van der Waals surface area contributed by atoms with E-state index >= 15 is 0 Å². The first kappa shape index (κ1) is 23.8. The second kappa shape index (κ2) is 11.7. The number of hydrogen-bond donors (Lipinski definition) is 1. The van der Waals surface area contributed by atoms with E-state index in [4.69, 9.17) is 14.5 Å². The Kier molecular flexibility index (Phi) is 8.98. The van der Waals surface area contributed by atoms with Gasteiger partial charge >= 0.3 is 0 Å². The molecule has 7 heteroatoms. The van der Waals surface area contributed by atoms with E-state index in [-0.39, 0.29) is 30.1 Å². The summed E-state index contributed by atoms with van der Waals surface area (Å²) in [5.74, 6) is 1.82. The number of benzene rings is 2. The van der Waals surface area contributed by atoms with Crippen LogP contribution in [0.2, 0.25) is 0 Å². The van der Waals surface area contributed by atoms with Crippen molar-refractivity contribution in [1.82, 2.24) is 15.1 Å².